The van der Waals surface area contributed by atoms with Crippen molar-refractivity contribution in [3.05, 3.63) is 57.9 Å². The van der Waals surface area contributed by atoms with E-state index in [-0.39, 0.29) is 22.7 Å². The number of methoxy groups -OCH3 is 1. The highest BCUT2D eigenvalue weighted by atomic mass is 16.6. The lowest BCUT2D eigenvalue weighted by molar-refractivity contribution is -0.385. The van der Waals surface area contributed by atoms with Crippen LogP contribution in [0, 0.1) is 17.0 Å². The number of aromatic nitrogens is 2. The van der Waals surface area contributed by atoms with Gasteiger partial charge in [0.1, 0.15) is 5.65 Å². The molecule has 0 unspecified atom stereocenters. The van der Waals surface area contributed by atoms with Crippen molar-refractivity contribution in [2.45, 2.75) is 6.92 Å². The summed E-state index contributed by atoms with van der Waals surface area (Å²) in [7, 11) is 1.34. The second-order valence-corrected chi connectivity index (χ2v) is 5.29. The van der Waals surface area contributed by atoms with E-state index < -0.39 is 10.9 Å². The zero-order chi connectivity index (χ0) is 18.8. The molecule has 1 aromatic carbocycles. The van der Waals surface area contributed by atoms with Crippen molar-refractivity contribution in [3.63, 3.8) is 0 Å². The predicted octanol–water partition coefficient (Wildman–Crippen LogP) is 3.67. The average Bonchev–Trinajstić information content (AvgIpc) is 2.93. The molecule has 0 atom stereocenters. The number of carboxylic acid groups (broad SMARTS) is 1. The van der Waals surface area contributed by atoms with Crippen molar-refractivity contribution < 1.29 is 19.6 Å². The Morgan fingerprint density at radius 2 is 2.08 bits per heavy atom. The highest BCUT2D eigenvalue weighted by Gasteiger charge is 2.16. The average molecular weight is 355 g/mol. The van der Waals surface area contributed by atoms with Crippen LogP contribution >= 0.6 is 0 Å². The van der Waals surface area contributed by atoms with Crippen LogP contribution in [-0.2, 0) is 0 Å². The summed E-state index contributed by atoms with van der Waals surface area (Å²) in [5, 5.41) is 28.3. The molecule has 0 aliphatic rings. The molecule has 0 saturated carbocycles. The Hall–Kier alpha value is -3.82. The van der Waals surface area contributed by atoms with Crippen LogP contribution in [0.15, 0.2) is 46.8 Å². The van der Waals surface area contributed by atoms with Crippen LogP contribution in [0.1, 0.15) is 16.1 Å². The van der Waals surface area contributed by atoms with E-state index in [9.17, 15) is 14.9 Å². The molecule has 0 aliphatic heterocycles. The molecule has 26 heavy (non-hydrogen) atoms. The van der Waals surface area contributed by atoms with Crippen molar-refractivity contribution in [1.82, 2.24) is 9.38 Å². The first-order chi connectivity index (χ1) is 12.4. The Bertz CT molecular complexity index is 1060. The fourth-order valence-corrected chi connectivity index (χ4v) is 2.39. The Kier molecular flexibility index (Phi) is 4.31. The number of rotatable bonds is 5. The van der Waals surface area contributed by atoms with Gasteiger partial charge in [0.05, 0.1) is 29.0 Å². The van der Waals surface area contributed by atoms with Gasteiger partial charge in [0.25, 0.3) is 0 Å². The molecular weight excluding hydrogens is 342 g/mol. The molecule has 0 aliphatic carbocycles. The highest BCUT2D eigenvalue weighted by molar-refractivity contribution is 5.87. The van der Waals surface area contributed by atoms with Gasteiger partial charge in [-0.05, 0) is 31.2 Å². The second-order valence-electron chi connectivity index (χ2n) is 5.29. The molecule has 10 nitrogen and oxygen atoms in total. The van der Waals surface area contributed by atoms with Crippen molar-refractivity contribution >= 4 is 28.8 Å². The Morgan fingerprint density at radius 1 is 1.31 bits per heavy atom. The van der Waals surface area contributed by atoms with E-state index in [4.69, 9.17) is 9.84 Å². The number of pyridine rings is 1. The molecule has 0 bridgehead atoms. The minimum atomic E-state index is -1.08. The quantitative estimate of drug-likeness (QED) is 0.422. The van der Waals surface area contributed by atoms with Gasteiger partial charge in [-0.25, -0.2) is 9.78 Å². The zero-order valence-corrected chi connectivity index (χ0v) is 13.8. The van der Waals surface area contributed by atoms with Gasteiger partial charge in [0.2, 0.25) is 0 Å². The summed E-state index contributed by atoms with van der Waals surface area (Å²) < 4.78 is 6.44. The molecule has 3 rings (SSSR count). The van der Waals surface area contributed by atoms with Crippen LogP contribution in [0.2, 0.25) is 0 Å². The number of imidazole rings is 1. The molecule has 10 heteroatoms. The number of carbonyl (C=O) groups is 1. The maximum absolute atomic E-state index is 11.1. The van der Waals surface area contributed by atoms with E-state index in [0.29, 0.717) is 17.2 Å². The highest BCUT2D eigenvalue weighted by Crippen LogP contribution is 2.32. The van der Waals surface area contributed by atoms with Crippen LogP contribution in [0.5, 0.6) is 5.75 Å². The van der Waals surface area contributed by atoms with E-state index in [0.717, 1.165) is 0 Å². The first-order valence-electron chi connectivity index (χ1n) is 7.37. The molecule has 2 aromatic heterocycles. The SMILES string of the molecule is COc1ccc(N=Nc2c(C)nc3ccc(C(=O)O)cn23)cc1[N+](=O)[O-]. The molecule has 0 spiro atoms. The van der Waals surface area contributed by atoms with Gasteiger partial charge in [0.15, 0.2) is 11.6 Å². The van der Waals surface area contributed by atoms with Crippen LogP contribution in [0.25, 0.3) is 5.65 Å². The van der Waals surface area contributed by atoms with E-state index in [2.05, 4.69) is 15.2 Å². The number of nitro benzene ring substituents is 1. The zero-order valence-electron chi connectivity index (χ0n) is 13.8. The van der Waals surface area contributed by atoms with Crippen molar-refractivity contribution in [1.29, 1.82) is 0 Å². The van der Waals surface area contributed by atoms with E-state index in [1.54, 1.807) is 13.0 Å². The molecule has 1 N–H and O–H groups in total. The number of carboxylic acids is 1. The van der Waals surface area contributed by atoms with Crippen LogP contribution in [0.4, 0.5) is 17.2 Å². The molecular formula is C16H13N5O5. The van der Waals surface area contributed by atoms with Crippen molar-refractivity contribution in [2.75, 3.05) is 7.11 Å². The van der Waals surface area contributed by atoms with Gasteiger partial charge in [-0.2, -0.15) is 0 Å². The van der Waals surface area contributed by atoms with Crippen LogP contribution in [-0.4, -0.2) is 32.5 Å². The van der Waals surface area contributed by atoms with E-state index in [1.807, 2.05) is 0 Å². The molecule has 0 fully saturated rings. The first kappa shape index (κ1) is 17.0. The third-order valence-electron chi connectivity index (χ3n) is 3.63. The lowest BCUT2D eigenvalue weighted by Crippen LogP contribution is -1.98. The van der Waals surface area contributed by atoms with Gasteiger partial charge in [-0.1, -0.05) is 0 Å². The lowest BCUT2D eigenvalue weighted by atomic mass is 10.2. The maximum Gasteiger partial charge on any atom is 0.337 e. The number of azo groups is 1. The molecule has 132 valence electrons. The first-order valence-corrected chi connectivity index (χ1v) is 7.37. The summed E-state index contributed by atoms with van der Waals surface area (Å²) >= 11 is 0. The molecule has 0 saturated heterocycles. The van der Waals surface area contributed by atoms with Gasteiger partial charge in [-0.3, -0.25) is 14.5 Å². The molecule has 2 heterocycles. The number of fused-ring (bicyclic) bond motifs is 1. The number of hydrogen-bond donors (Lipinski definition) is 1. The summed E-state index contributed by atoms with van der Waals surface area (Å²) in [5.74, 6) is -0.625. The largest absolute Gasteiger partial charge is 0.490 e. The Balaban J connectivity index is 2.04. The number of benzene rings is 1. The summed E-state index contributed by atoms with van der Waals surface area (Å²) in [6.07, 6.45) is 1.39. The van der Waals surface area contributed by atoms with Gasteiger partial charge in [-0.15, -0.1) is 10.2 Å². The summed E-state index contributed by atoms with van der Waals surface area (Å²) in [6, 6.07) is 7.20. The van der Waals surface area contributed by atoms with Crippen molar-refractivity contribution in [2.24, 2.45) is 10.2 Å². The van der Waals surface area contributed by atoms with Crippen LogP contribution in [0.3, 0.4) is 0 Å². The molecule has 3 aromatic rings. The van der Waals surface area contributed by atoms with Crippen molar-refractivity contribution in [3.8, 4) is 5.75 Å². The predicted molar refractivity (Wildman–Crippen MR) is 90.7 cm³/mol. The molecule has 0 radical (unpaired) electrons. The van der Waals surface area contributed by atoms with E-state index in [1.165, 1.54) is 42.0 Å². The second kappa shape index (κ2) is 6.59. The third kappa shape index (κ3) is 3.07. The maximum atomic E-state index is 11.1. The minimum absolute atomic E-state index is 0.0754. The number of nitrogens with zero attached hydrogens (tertiary/aromatic N) is 5. The van der Waals surface area contributed by atoms with E-state index >= 15 is 0 Å². The molecule has 0 amide bonds. The topological polar surface area (TPSA) is 132 Å². The number of hydrogen-bond acceptors (Lipinski definition) is 7. The smallest absolute Gasteiger partial charge is 0.337 e. The Labute approximate surface area is 146 Å². The number of nitro groups is 1. The Morgan fingerprint density at radius 3 is 2.73 bits per heavy atom. The van der Waals surface area contributed by atoms with Crippen LogP contribution < -0.4 is 4.74 Å². The monoisotopic (exact) mass is 355 g/mol. The minimum Gasteiger partial charge on any atom is -0.490 e. The lowest BCUT2D eigenvalue weighted by Gasteiger charge is -2.02. The summed E-state index contributed by atoms with van der Waals surface area (Å²) in [5.41, 5.74) is 1.15. The summed E-state index contributed by atoms with van der Waals surface area (Å²) in [4.78, 5) is 25.9. The number of ether oxygens (including phenoxy) is 1. The summed E-state index contributed by atoms with van der Waals surface area (Å²) in [6.45, 7) is 1.71. The van der Waals surface area contributed by atoms with Gasteiger partial charge in [0, 0.05) is 12.3 Å². The third-order valence-corrected chi connectivity index (χ3v) is 3.63. The fraction of sp³-hybridized carbons (Fsp3) is 0.125. The standard InChI is InChI=1S/C16H13N5O5/c1-9-15(20-8-10(16(22)23)3-6-14(20)17-9)19-18-11-4-5-13(26-2)12(7-11)21(24)25/h3-8H,1-2H3,(H,22,23). The van der Waals surface area contributed by atoms with Gasteiger partial charge < -0.3 is 9.84 Å². The van der Waals surface area contributed by atoms with Gasteiger partial charge >= 0.3 is 11.7 Å². The fourth-order valence-electron chi connectivity index (χ4n) is 2.39. The number of aromatic carboxylic acids is 1. The normalized spacial score (nSPS) is 11.2. The number of aryl methyl sites for hydroxylation is 1.